The first kappa shape index (κ1) is 25.5. The number of benzene rings is 1. The van der Waals surface area contributed by atoms with Gasteiger partial charge in [-0.05, 0) is 69.5 Å². The quantitative estimate of drug-likeness (QED) is 0.306. The van der Waals surface area contributed by atoms with Crippen LogP contribution in [-0.2, 0) is 13.5 Å². The Hall–Kier alpha value is -1.81. The van der Waals surface area contributed by atoms with Crippen LogP contribution in [0.25, 0.3) is 0 Å². The number of nitrogens with one attached hydrogen (secondary N) is 2. The molecule has 2 aromatic rings. The van der Waals surface area contributed by atoms with Gasteiger partial charge in [0.25, 0.3) is 0 Å². The molecule has 8 heteroatoms. The molecule has 0 amide bonds. The molecule has 1 fully saturated rings. The molecular weight excluding hydrogens is 503 g/mol. The van der Waals surface area contributed by atoms with Gasteiger partial charge in [0.2, 0.25) is 0 Å². The topological polar surface area (TPSA) is 66.7 Å². The fraction of sp³-hybridized carbons (Fsp3) is 0.565. The standard InChI is InChI=1S/C23H36N6O.HI/c1-17-21(18(2)28(4)27-17)11-12-25-23(24-3)26-16-22(29-13-6-7-14-29)19-9-8-10-20(15-19)30-5;/h8-10,15,22H,6-7,11-14,16H2,1-5H3,(H2,24,25,26);1H. The average molecular weight is 540 g/mol. The lowest BCUT2D eigenvalue weighted by molar-refractivity contribution is 0.245. The van der Waals surface area contributed by atoms with Crippen molar-refractivity contribution in [2.45, 2.75) is 39.2 Å². The molecular formula is C23H37IN6O. The molecule has 1 aromatic carbocycles. The van der Waals surface area contributed by atoms with Crippen LogP contribution in [0, 0.1) is 13.8 Å². The lowest BCUT2D eigenvalue weighted by Gasteiger charge is -2.29. The number of rotatable bonds is 8. The van der Waals surface area contributed by atoms with Gasteiger partial charge in [-0.2, -0.15) is 5.10 Å². The molecule has 1 aromatic heterocycles. The molecule has 1 atom stereocenters. The van der Waals surface area contributed by atoms with Crippen molar-refractivity contribution in [3.63, 3.8) is 0 Å². The van der Waals surface area contributed by atoms with Crippen molar-refractivity contribution in [3.8, 4) is 5.75 Å². The second kappa shape index (κ2) is 12.3. The van der Waals surface area contributed by atoms with Crippen molar-refractivity contribution in [2.75, 3.05) is 40.3 Å². The summed E-state index contributed by atoms with van der Waals surface area (Å²) in [6.07, 6.45) is 3.45. The summed E-state index contributed by atoms with van der Waals surface area (Å²) in [4.78, 5) is 6.98. The van der Waals surface area contributed by atoms with Gasteiger partial charge < -0.3 is 15.4 Å². The highest BCUT2D eigenvalue weighted by atomic mass is 127. The van der Waals surface area contributed by atoms with Crippen LogP contribution < -0.4 is 15.4 Å². The predicted octanol–water partition coefficient (Wildman–Crippen LogP) is 3.21. The number of likely N-dealkylation sites (tertiary alicyclic amines) is 1. The third-order valence-corrected chi connectivity index (χ3v) is 6.07. The fourth-order valence-electron chi connectivity index (χ4n) is 4.26. The summed E-state index contributed by atoms with van der Waals surface area (Å²) in [5.74, 6) is 1.74. The van der Waals surface area contributed by atoms with Crippen molar-refractivity contribution in [2.24, 2.45) is 12.0 Å². The van der Waals surface area contributed by atoms with Crippen molar-refractivity contribution in [1.29, 1.82) is 0 Å². The monoisotopic (exact) mass is 540 g/mol. The van der Waals surface area contributed by atoms with Crippen LogP contribution in [-0.4, -0.2) is 61.0 Å². The number of ether oxygens (including phenoxy) is 1. The number of aromatic nitrogens is 2. The molecule has 2 N–H and O–H groups in total. The normalized spacial score (nSPS) is 15.5. The van der Waals surface area contributed by atoms with E-state index in [0.717, 1.165) is 50.0 Å². The first-order chi connectivity index (χ1) is 14.5. The van der Waals surface area contributed by atoms with Crippen LogP contribution in [0.4, 0.5) is 0 Å². The van der Waals surface area contributed by atoms with E-state index in [1.54, 1.807) is 7.11 Å². The summed E-state index contributed by atoms with van der Waals surface area (Å²) in [7, 11) is 5.54. The number of nitrogens with zero attached hydrogens (tertiary/aromatic N) is 4. The molecule has 1 aliphatic rings. The van der Waals surface area contributed by atoms with Gasteiger partial charge in [0.1, 0.15) is 5.75 Å². The Morgan fingerprint density at radius 2 is 1.97 bits per heavy atom. The van der Waals surface area contributed by atoms with Crippen molar-refractivity contribution >= 4 is 29.9 Å². The van der Waals surface area contributed by atoms with Crippen LogP contribution in [0.1, 0.15) is 41.4 Å². The molecule has 1 saturated heterocycles. The Morgan fingerprint density at radius 3 is 2.58 bits per heavy atom. The number of aryl methyl sites for hydroxylation is 2. The fourth-order valence-corrected chi connectivity index (χ4v) is 4.26. The number of methoxy groups -OCH3 is 1. The highest BCUT2D eigenvalue weighted by Crippen LogP contribution is 2.27. The summed E-state index contributed by atoms with van der Waals surface area (Å²) in [5, 5.41) is 11.5. The average Bonchev–Trinajstić information content (AvgIpc) is 3.36. The molecule has 7 nitrogen and oxygen atoms in total. The van der Waals surface area contributed by atoms with E-state index < -0.39 is 0 Å². The molecule has 172 valence electrons. The number of aliphatic imine (C=N–C) groups is 1. The number of hydrogen-bond acceptors (Lipinski definition) is 4. The summed E-state index contributed by atoms with van der Waals surface area (Å²) in [5.41, 5.74) is 4.92. The van der Waals surface area contributed by atoms with E-state index in [4.69, 9.17) is 4.74 Å². The van der Waals surface area contributed by atoms with Crippen molar-refractivity contribution in [3.05, 3.63) is 46.8 Å². The van der Waals surface area contributed by atoms with E-state index in [9.17, 15) is 0 Å². The zero-order chi connectivity index (χ0) is 21.5. The molecule has 1 aliphatic heterocycles. The molecule has 0 radical (unpaired) electrons. The Kier molecular flexibility index (Phi) is 10.1. The van der Waals surface area contributed by atoms with E-state index in [2.05, 4.69) is 57.7 Å². The Morgan fingerprint density at radius 1 is 1.23 bits per heavy atom. The maximum Gasteiger partial charge on any atom is 0.191 e. The Labute approximate surface area is 203 Å². The molecule has 2 heterocycles. The van der Waals surface area contributed by atoms with Gasteiger partial charge in [0, 0.05) is 32.9 Å². The second-order valence-corrected chi connectivity index (χ2v) is 7.94. The third kappa shape index (κ3) is 6.58. The summed E-state index contributed by atoms with van der Waals surface area (Å²) in [6, 6.07) is 8.71. The van der Waals surface area contributed by atoms with Gasteiger partial charge in [-0.1, -0.05) is 12.1 Å². The molecule has 0 spiro atoms. The van der Waals surface area contributed by atoms with E-state index in [-0.39, 0.29) is 24.0 Å². The first-order valence-electron chi connectivity index (χ1n) is 10.8. The zero-order valence-electron chi connectivity index (χ0n) is 19.4. The second-order valence-electron chi connectivity index (χ2n) is 7.94. The maximum absolute atomic E-state index is 5.45. The molecule has 0 saturated carbocycles. The molecule has 31 heavy (non-hydrogen) atoms. The van der Waals surface area contributed by atoms with E-state index in [0.29, 0.717) is 6.04 Å². The van der Waals surface area contributed by atoms with Gasteiger partial charge >= 0.3 is 0 Å². The van der Waals surface area contributed by atoms with Gasteiger partial charge in [-0.25, -0.2) is 0 Å². The van der Waals surface area contributed by atoms with Gasteiger partial charge in [0.15, 0.2) is 5.96 Å². The Bertz CT molecular complexity index is 860. The molecule has 0 bridgehead atoms. The highest BCUT2D eigenvalue weighted by molar-refractivity contribution is 14.0. The highest BCUT2D eigenvalue weighted by Gasteiger charge is 2.24. The van der Waals surface area contributed by atoms with Crippen LogP contribution in [0.15, 0.2) is 29.3 Å². The van der Waals surface area contributed by atoms with Crippen LogP contribution >= 0.6 is 24.0 Å². The smallest absolute Gasteiger partial charge is 0.191 e. The molecule has 1 unspecified atom stereocenters. The summed E-state index contributed by atoms with van der Waals surface area (Å²) < 4.78 is 7.40. The minimum atomic E-state index is 0. The predicted molar refractivity (Wildman–Crippen MR) is 138 cm³/mol. The third-order valence-electron chi connectivity index (χ3n) is 6.07. The molecule has 3 rings (SSSR count). The van der Waals surface area contributed by atoms with Crippen LogP contribution in [0.2, 0.25) is 0 Å². The van der Waals surface area contributed by atoms with Crippen LogP contribution in [0.5, 0.6) is 5.75 Å². The van der Waals surface area contributed by atoms with Gasteiger partial charge in [0.05, 0.1) is 18.8 Å². The largest absolute Gasteiger partial charge is 0.497 e. The van der Waals surface area contributed by atoms with E-state index in [1.807, 2.05) is 24.8 Å². The Balaban J connectivity index is 0.00000341. The maximum atomic E-state index is 5.45. The zero-order valence-corrected chi connectivity index (χ0v) is 21.8. The minimum Gasteiger partial charge on any atom is -0.497 e. The SMILES string of the molecule is CN=C(NCCc1c(C)nn(C)c1C)NCC(c1cccc(OC)c1)N1CCCC1.I. The van der Waals surface area contributed by atoms with Crippen molar-refractivity contribution in [1.82, 2.24) is 25.3 Å². The van der Waals surface area contributed by atoms with E-state index in [1.165, 1.54) is 29.7 Å². The minimum absolute atomic E-state index is 0. The van der Waals surface area contributed by atoms with Crippen LogP contribution in [0.3, 0.4) is 0 Å². The summed E-state index contributed by atoms with van der Waals surface area (Å²) in [6.45, 7) is 8.09. The van der Waals surface area contributed by atoms with Crippen molar-refractivity contribution < 1.29 is 4.74 Å². The lowest BCUT2D eigenvalue weighted by atomic mass is 10.1. The number of guanidine groups is 1. The van der Waals surface area contributed by atoms with Gasteiger partial charge in [-0.3, -0.25) is 14.6 Å². The molecule has 0 aliphatic carbocycles. The van der Waals surface area contributed by atoms with E-state index >= 15 is 0 Å². The summed E-state index contributed by atoms with van der Waals surface area (Å²) >= 11 is 0. The number of hydrogen-bond donors (Lipinski definition) is 2. The lowest BCUT2D eigenvalue weighted by Crippen LogP contribution is -2.43. The first-order valence-corrected chi connectivity index (χ1v) is 10.8. The van der Waals surface area contributed by atoms with Gasteiger partial charge in [-0.15, -0.1) is 24.0 Å². The number of halogens is 1.